The van der Waals surface area contributed by atoms with Gasteiger partial charge in [0.1, 0.15) is 0 Å². The van der Waals surface area contributed by atoms with Crippen LogP contribution in [0.15, 0.2) is 17.4 Å². The number of aromatic nitrogens is 3. The first-order chi connectivity index (χ1) is 10.7. The molecule has 2 aromatic rings. The maximum atomic E-state index is 12.1. The Labute approximate surface area is 142 Å². The van der Waals surface area contributed by atoms with Crippen LogP contribution in [0.25, 0.3) is 11.2 Å². The zero-order valence-electron chi connectivity index (χ0n) is 12.3. The van der Waals surface area contributed by atoms with Crippen LogP contribution in [0.4, 0.5) is 0 Å². The predicted octanol–water partition coefficient (Wildman–Crippen LogP) is 1.40. The van der Waals surface area contributed by atoms with E-state index in [1.807, 2.05) is 0 Å². The number of amides is 1. The predicted molar refractivity (Wildman–Crippen MR) is 89.4 cm³/mol. The van der Waals surface area contributed by atoms with E-state index >= 15 is 0 Å². The SMILES string of the molecule is C[C@@]1(NC(=O)CSc2nc3ncc(Cl)cc3[nH]2)CCS(=O)(=O)C1. The molecule has 3 heterocycles. The highest BCUT2D eigenvalue weighted by Gasteiger charge is 2.39. The molecule has 0 aromatic carbocycles. The van der Waals surface area contributed by atoms with Gasteiger partial charge in [0, 0.05) is 6.20 Å². The van der Waals surface area contributed by atoms with E-state index in [9.17, 15) is 13.2 Å². The van der Waals surface area contributed by atoms with E-state index in [0.717, 1.165) is 0 Å². The number of nitrogens with zero attached hydrogens (tertiary/aromatic N) is 2. The minimum atomic E-state index is -3.05. The molecule has 1 aliphatic heterocycles. The molecule has 0 spiro atoms. The fourth-order valence-corrected chi connectivity index (χ4v) is 5.46. The van der Waals surface area contributed by atoms with Gasteiger partial charge in [0.25, 0.3) is 0 Å². The third kappa shape index (κ3) is 3.96. The monoisotopic (exact) mass is 374 g/mol. The molecule has 7 nitrogen and oxygen atoms in total. The summed E-state index contributed by atoms with van der Waals surface area (Å²) in [5.74, 6) is 0.0283. The zero-order chi connectivity index (χ0) is 16.7. The fraction of sp³-hybridized carbons (Fsp3) is 0.462. The molecular formula is C13H15ClN4O3S2. The molecule has 10 heteroatoms. The summed E-state index contributed by atoms with van der Waals surface area (Å²) >= 11 is 7.09. The average Bonchev–Trinajstić information content (AvgIpc) is 2.96. The van der Waals surface area contributed by atoms with Gasteiger partial charge < -0.3 is 10.3 Å². The van der Waals surface area contributed by atoms with Gasteiger partial charge in [0.15, 0.2) is 20.6 Å². The lowest BCUT2D eigenvalue weighted by Gasteiger charge is -2.23. The first kappa shape index (κ1) is 16.5. The molecule has 23 heavy (non-hydrogen) atoms. The number of carbonyl (C=O) groups excluding carboxylic acids is 1. The highest BCUT2D eigenvalue weighted by molar-refractivity contribution is 7.99. The number of hydrogen-bond donors (Lipinski definition) is 2. The average molecular weight is 375 g/mol. The van der Waals surface area contributed by atoms with Crippen molar-refractivity contribution in [1.29, 1.82) is 0 Å². The Morgan fingerprint density at radius 1 is 1.57 bits per heavy atom. The van der Waals surface area contributed by atoms with Crippen molar-refractivity contribution in [2.75, 3.05) is 17.3 Å². The summed E-state index contributed by atoms with van der Waals surface area (Å²) in [4.78, 5) is 23.4. The van der Waals surface area contributed by atoms with E-state index in [1.165, 1.54) is 18.0 Å². The summed E-state index contributed by atoms with van der Waals surface area (Å²) in [5.41, 5.74) is 0.555. The van der Waals surface area contributed by atoms with Crippen molar-refractivity contribution in [3.8, 4) is 0 Å². The van der Waals surface area contributed by atoms with Crippen LogP contribution in [0, 0.1) is 0 Å². The molecule has 1 saturated heterocycles. The van der Waals surface area contributed by atoms with Crippen molar-refractivity contribution in [2.45, 2.75) is 24.0 Å². The van der Waals surface area contributed by atoms with Crippen LogP contribution in [0.1, 0.15) is 13.3 Å². The van der Waals surface area contributed by atoms with Crippen LogP contribution in [0.3, 0.4) is 0 Å². The van der Waals surface area contributed by atoms with Gasteiger partial charge in [-0.2, -0.15) is 0 Å². The lowest BCUT2D eigenvalue weighted by molar-refractivity contribution is -0.120. The number of H-pyrrole nitrogens is 1. The number of rotatable bonds is 4. The Balaban J connectivity index is 1.60. The Bertz CT molecular complexity index is 867. The number of carbonyl (C=O) groups is 1. The number of aromatic amines is 1. The van der Waals surface area contributed by atoms with Crippen molar-refractivity contribution < 1.29 is 13.2 Å². The summed E-state index contributed by atoms with van der Waals surface area (Å²) in [5, 5.41) is 3.88. The summed E-state index contributed by atoms with van der Waals surface area (Å²) in [7, 11) is -3.05. The van der Waals surface area contributed by atoms with Crippen LogP contribution in [-0.4, -0.2) is 52.1 Å². The molecule has 0 radical (unpaired) electrons. The van der Waals surface area contributed by atoms with E-state index in [0.29, 0.717) is 27.8 Å². The van der Waals surface area contributed by atoms with Gasteiger partial charge in [-0.3, -0.25) is 4.79 Å². The molecule has 1 atom stereocenters. The quantitative estimate of drug-likeness (QED) is 0.784. The molecule has 1 aliphatic rings. The third-order valence-electron chi connectivity index (χ3n) is 3.57. The van der Waals surface area contributed by atoms with E-state index in [2.05, 4.69) is 20.3 Å². The van der Waals surface area contributed by atoms with Crippen LogP contribution in [-0.2, 0) is 14.6 Å². The number of thioether (sulfide) groups is 1. The number of sulfone groups is 1. The lowest BCUT2D eigenvalue weighted by Crippen LogP contribution is -2.47. The van der Waals surface area contributed by atoms with Crippen molar-refractivity contribution in [3.63, 3.8) is 0 Å². The Morgan fingerprint density at radius 3 is 3.04 bits per heavy atom. The fourth-order valence-electron chi connectivity index (χ4n) is 2.54. The topological polar surface area (TPSA) is 105 Å². The molecule has 2 N–H and O–H groups in total. The maximum absolute atomic E-state index is 12.1. The number of halogens is 1. The number of imidazole rings is 1. The Kier molecular flexibility index (Phi) is 4.28. The number of hydrogen-bond acceptors (Lipinski definition) is 6. The molecule has 3 rings (SSSR count). The van der Waals surface area contributed by atoms with Crippen molar-refractivity contribution in [2.24, 2.45) is 0 Å². The van der Waals surface area contributed by atoms with Crippen LogP contribution in [0.5, 0.6) is 0 Å². The van der Waals surface area contributed by atoms with Crippen molar-refractivity contribution in [3.05, 3.63) is 17.3 Å². The van der Waals surface area contributed by atoms with Gasteiger partial charge in [-0.05, 0) is 19.4 Å². The van der Waals surface area contributed by atoms with Gasteiger partial charge in [0.05, 0.1) is 33.3 Å². The van der Waals surface area contributed by atoms with E-state index < -0.39 is 15.4 Å². The molecule has 1 fully saturated rings. The number of fused-ring (bicyclic) bond motifs is 1. The van der Waals surface area contributed by atoms with Gasteiger partial charge in [0.2, 0.25) is 5.91 Å². The smallest absolute Gasteiger partial charge is 0.230 e. The highest BCUT2D eigenvalue weighted by Crippen LogP contribution is 2.24. The molecule has 1 amide bonds. The second-order valence-electron chi connectivity index (χ2n) is 5.81. The van der Waals surface area contributed by atoms with Crippen molar-refractivity contribution in [1.82, 2.24) is 20.3 Å². The van der Waals surface area contributed by atoms with Crippen LogP contribution < -0.4 is 5.32 Å². The zero-order valence-corrected chi connectivity index (χ0v) is 14.7. The molecule has 0 unspecified atom stereocenters. The third-order valence-corrected chi connectivity index (χ3v) is 6.55. The summed E-state index contributed by atoms with van der Waals surface area (Å²) in [6.45, 7) is 1.76. The second kappa shape index (κ2) is 5.95. The normalized spacial score (nSPS) is 23.2. The number of pyridine rings is 1. The molecule has 0 aliphatic carbocycles. The first-order valence-corrected chi connectivity index (χ1v) is 10.1. The molecule has 2 aromatic heterocycles. The van der Waals surface area contributed by atoms with E-state index in [-0.39, 0.29) is 23.2 Å². The van der Waals surface area contributed by atoms with Gasteiger partial charge >= 0.3 is 0 Å². The van der Waals surface area contributed by atoms with Gasteiger partial charge in [-0.1, -0.05) is 23.4 Å². The molecule has 0 bridgehead atoms. The minimum absolute atomic E-state index is 0.0105. The summed E-state index contributed by atoms with van der Waals surface area (Å²) in [6.07, 6.45) is 1.95. The lowest BCUT2D eigenvalue weighted by atomic mass is 10.0. The van der Waals surface area contributed by atoms with Gasteiger partial charge in [-0.15, -0.1) is 0 Å². The summed E-state index contributed by atoms with van der Waals surface area (Å²) < 4.78 is 23.1. The molecule has 124 valence electrons. The van der Waals surface area contributed by atoms with Crippen LogP contribution in [0.2, 0.25) is 5.02 Å². The molecular weight excluding hydrogens is 360 g/mol. The van der Waals surface area contributed by atoms with Gasteiger partial charge in [-0.25, -0.2) is 18.4 Å². The van der Waals surface area contributed by atoms with Crippen molar-refractivity contribution >= 4 is 50.3 Å². The highest BCUT2D eigenvalue weighted by atomic mass is 35.5. The standard InChI is InChI=1S/C13H15ClN4O3S2/c1-13(2-3-23(20,21)7-13)18-10(19)6-22-12-16-9-4-8(14)5-15-11(9)17-12/h4-5H,2-3,6-7H2,1H3,(H,18,19)(H,15,16,17)/t13-/m1/s1. The minimum Gasteiger partial charge on any atom is -0.349 e. The van der Waals surface area contributed by atoms with E-state index in [4.69, 9.17) is 11.6 Å². The van der Waals surface area contributed by atoms with E-state index in [1.54, 1.807) is 13.0 Å². The Hall–Kier alpha value is -1.32. The van der Waals surface area contributed by atoms with Crippen LogP contribution >= 0.6 is 23.4 Å². The largest absolute Gasteiger partial charge is 0.349 e. The number of nitrogens with one attached hydrogen (secondary N) is 2. The Morgan fingerprint density at radius 2 is 2.35 bits per heavy atom. The molecule has 0 saturated carbocycles. The summed E-state index contributed by atoms with van der Waals surface area (Å²) in [6, 6.07) is 1.71. The maximum Gasteiger partial charge on any atom is 0.230 e. The second-order valence-corrected chi connectivity index (χ2v) is 9.39. The first-order valence-electron chi connectivity index (χ1n) is 6.90.